The van der Waals surface area contributed by atoms with Crippen molar-refractivity contribution in [3.63, 3.8) is 0 Å². The maximum atomic E-state index is 11.8. The lowest BCUT2D eigenvalue weighted by molar-refractivity contribution is -0.154. The monoisotopic (exact) mass is 256 g/mol. The average Bonchev–Trinajstić information content (AvgIpc) is 2.54. The van der Waals surface area contributed by atoms with Gasteiger partial charge in [-0.2, -0.15) is 0 Å². The predicted octanol–water partition coefficient (Wildman–Crippen LogP) is 2.84. The SMILES string of the molecule is CC(C)(COC=O)CC(=O)OC1CCCCCC1. The van der Waals surface area contributed by atoms with Crippen LogP contribution >= 0.6 is 0 Å². The molecular formula is C14H24O4. The quantitative estimate of drug-likeness (QED) is 0.416. The maximum absolute atomic E-state index is 11.8. The fourth-order valence-corrected chi connectivity index (χ4v) is 2.29. The first-order valence-corrected chi connectivity index (χ1v) is 6.78. The largest absolute Gasteiger partial charge is 0.467 e. The zero-order valence-electron chi connectivity index (χ0n) is 11.4. The van der Waals surface area contributed by atoms with Crippen molar-refractivity contribution in [1.82, 2.24) is 0 Å². The molecule has 0 atom stereocenters. The van der Waals surface area contributed by atoms with Crippen LogP contribution in [0.1, 0.15) is 58.8 Å². The number of ether oxygens (including phenoxy) is 2. The second-order valence-electron chi connectivity index (χ2n) is 5.85. The lowest BCUT2D eigenvalue weighted by Gasteiger charge is -2.23. The fraction of sp³-hybridized carbons (Fsp3) is 0.857. The van der Waals surface area contributed by atoms with E-state index in [4.69, 9.17) is 9.47 Å². The summed E-state index contributed by atoms with van der Waals surface area (Å²) in [7, 11) is 0. The number of hydrogen-bond acceptors (Lipinski definition) is 4. The number of carbonyl (C=O) groups excluding carboxylic acids is 2. The molecule has 0 aromatic carbocycles. The molecule has 104 valence electrons. The van der Waals surface area contributed by atoms with Crippen LogP contribution < -0.4 is 0 Å². The molecule has 1 aliphatic carbocycles. The minimum atomic E-state index is -0.358. The topological polar surface area (TPSA) is 52.6 Å². The Morgan fingerprint density at radius 1 is 1.22 bits per heavy atom. The van der Waals surface area contributed by atoms with E-state index in [9.17, 15) is 9.59 Å². The van der Waals surface area contributed by atoms with Gasteiger partial charge in [0, 0.05) is 5.41 Å². The van der Waals surface area contributed by atoms with Gasteiger partial charge >= 0.3 is 5.97 Å². The number of carbonyl (C=O) groups is 2. The first-order chi connectivity index (χ1) is 8.53. The molecule has 0 spiro atoms. The van der Waals surface area contributed by atoms with Gasteiger partial charge in [-0.25, -0.2) is 0 Å². The minimum Gasteiger partial charge on any atom is -0.467 e. The molecule has 0 saturated heterocycles. The molecule has 1 rings (SSSR count). The molecule has 1 saturated carbocycles. The summed E-state index contributed by atoms with van der Waals surface area (Å²) in [6.45, 7) is 4.45. The molecular weight excluding hydrogens is 232 g/mol. The number of hydrogen-bond donors (Lipinski definition) is 0. The normalized spacial score (nSPS) is 17.9. The van der Waals surface area contributed by atoms with Gasteiger partial charge < -0.3 is 9.47 Å². The van der Waals surface area contributed by atoms with E-state index < -0.39 is 0 Å². The van der Waals surface area contributed by atoms with E-state index >= 15 is 0 Å². The van der Waals surface area contributed by atoms with Gasteiger partial charge in [0.15, 0.2) is 0 Å². The van der Waals surface area contributed by atoms with Crippen LogP contribution in [-0.4, -0.2) is 25.2 Å². The van der Waals surface area contributed by atoms with Gasteiger partial charge in [0.25, 0.3) is 6.47 Å². The molecule has 0 heterocycles. The molecule has 1 fully saturated rings. The number of esters is 1. The Morgan fingerprint density at radius 3 is 2.39 bits per heavy atom. The molecule has 0 bridgehead atoms. The standard InChI is InChI=1S/C14H24O4/c1-14(2,10-17-11-15)9-13(16)18-12-7-5-3-4-6-8-12/h11-12H,3-10H2,1-2H3. The van der Waals surface area contributed by atoms with Crippen LogP contribution in [0.4, 0.5) is 0 Å². The third-order valence-corrected chi connectivity index (χ3v) is 3.27. The lowest BCUT2D eigenvalue weighted by atomic mass is 9.90. The second kappa shape index (κ2) is 7.39. The lowest BCUT2D eigenvalue weighted by Crippen LogP contribution is -2.26. The van der Waals surface area contributed by atoms with Crippen molar-refractivity contribution in [2.75, 3.05) is 6.61 Å². The van der Waals surface area contributed by atoms with Crippen LogP contribution in [0.2, 0.25) is 0 Å². The summed E-state index contributed by atoms with van der Waals surface area (Å²) < 4.78 is 10.2. The summed E-state index contributed by atoms with van der Waals surface area (Å²) >= 11 is 0. The molecule has 18 heavy (non-hydrogen) atoms. The van der Waals surface area contributed by atoms with Crippen molar-refractivity contribution in [3.8, 4) is 0 Å². The summed E-state index contributed by atoms with van der Waals surface area (Å²) in [6.07, 6.45) is 7.12. The summed E-state index contributed by atoms with van der Waals surface area (Å²) in [5.74, 6) is -0.179. The van der Waals surface area contributed by atoms with E-state index in [1.54, 1.807) is 0 Å². The Morgan fingerprint density at radius 2 is 1.83 bits per heavy atom. The molecule has 0 aromatic rings. The van der Waals surface area contributed by atoms with Crippen LogP contribution in [0, 0.1) is 5.41 Å². The predicted molar refractivity (Wildman–Crippen MR) is 68.0 cm³/mol. The van der Waals surface area contributed by atoms with E-state index in [-0.39, 0.29) is 30.5 Å². The summed E-state index contributed by atoms with van der Waals surface area (Å²) in [5.41, 5.74) is -0.358. The Bertz CT molecular complexity index is 265. The van der Waals surface area contributed by atoms with Gasteiger partial charge in [0.05, 0.1) is 13.0 Å². The molecule has 0 N–H and O–H groups in total. The Balaban J connectivity index is 2.32. The zero-order chi connectivity index (χ0) is 13.4. The van der Waals surface area contributed by atoms with Crippen LogP contribution in [0.3, 0.4) is 0 Å². The summed E-state index contributed by atoms with van der Waals surface area (Å²) in [4.78, 5) is 22.0. The number of rotatable bonds is 6. The summed E-state index contributed by atoms with van der Waals surface area (Å²) in [5, 5.41) is 0. The third kappa shape index (κ3) is 6.03. The van der Waals surface area contributed by atoms with Crippen molar-refractivity contribution in [1.29, 1.82) is 0 Å². The smallest absolute Gasteiger partial charge is 0.306 e. The van der Waals surface area contributed by atoms with E-state index in [0.717, 1.165) is 25.7 Å². The van der Waals surface area contributed by atoms with Gasteiger partial charge in [0.1, 0.15) is 6.10 Å². The first kappa shape index (κ1) is 15.0. The van der Waals surface area contributed by atoms with E-state index in [1.807, 2.05) is 13.8 Å². The highest BCUT2D eigenvalue weighted by molar-refractivity contribution is 5.70. The van der Waals surface area contributed by atoms with Crippen molar-refractivity contribution >= 4 is 12.4 Å². The van der Waals surface area contributed by atoms with E-state index in [1.165, 1.54) is 12.8 Å². The van der Waals surface area contributed by atoms with Crippen LogP contribution in [-0.2, 0) is 19.1 Å². The summed E-state index contributed by atoms with van der Waals surface area (Å²) in [6, 6.07) is 0. The molecule has 4 nitrogen and oxygen atoms in total. The van der Waals surface area contributed by atoms with Crippen LogP contribution in [0.15, 0.2) is 0 Å². The first-order valence-electron chi connectivity index (χ1n) is 6.78. The van der Waals surface area contributed by atoms with Gasteiger partial charge in [-0.15, -0.1) is 0 Å². The Kier molecular flexibility index (Phi) is 6.16. The maximum Gasteiger partial charge on any atom is 0.306 e. The molecule has 0 aliphatic heterocycles. The highest BCUT2D eigenvalue weighted by Gasteiger charge is 2.26. The van der Waals surface area contributed by atoms with Gasteiger partial charge in [-0.05, 0) is 25.7 Å². The van der Waals surface area contributed by atoms with Crippen molar-refractivity contribution in [3.05, 3.63) is 0 Å². The van der Waals surface area contributed by atoms with E-state index in [0.29, 0.717) is 6.47 Å². The third-order valence-electron chi connectivity index (χ3n) is 3.27. The zero-order valence-corrected chi connectivity index (χ0v) is 11.4. The Labute approximate surface area is 109 Å². The molecule has 1 aliphatic rings. The molecule has 0 radical (unpaired) electrons. The second-order valence-corrected chi connectivity index (χ2v) is 5.85. The van der Waals surface area contributed by atoms with Crippen LogP contribution in [0.25, 0.3) is 0 Å². The van der Waals surface area contributed by atoms with Crippen LogP contribution in [0.5, 0.6) is 0 Å². The molecule has 0 amide bonds. The van der Waals surface area contributed by atoms with Gasteiger partial charge in [0.2, 0.25) is 0 Å². The van der Waals surface area contributed by atoms with E-state index in [2.05, 4.69) is 0 Å². The highest BCUT2D eigenvalue weighted by Crippen LogP contribution is 2.24. The van der Waals surface area contributed by atoms with Crippen molar-refractivity contribution < 1.29 is 19.1 Å². The van der Waals surface area contributed by atoms with Crippen molar-refractivity contribution in [2.45, 2.75) is 64.9 Å². The molecule has 4 heteroatoms. The Hall–Kier alpha value is -1.06. The van der Waals surface area contributed by atoms with Gasteiger partial charge in [-0.3, -0.25) is 9.59 Å². The fourth-order valence-electron chi connectivity index (χ4n) is 2.29. The average molecular weight is 256 g/mol. The molecule has 0 aromatic heterocycles. The highest BCUT2D eigenvalue weighted by atomic mass is 16.5. The van der Waals surface area contributed by atoms with Crippen molar-refractivity contribution in [2.24, 2.45) is 5.41 Å². The minimum absolute atomic E-state index is 0.0859. The van der Waals surface area contributed by atoms with Gasteiger partial charge in [-0.1, -0.05) is 26.7 Å². The molecule has 0 unspecified atom stereocenters.